The molecule has 0 saturated carbocycles. The molecule has 0 N–H and O–H groups in total. The van der Waals surface area contributed by atoms with Gasteiger partial charge in [0.05, 0.1) is 18.0 Å². The second kappa shape index (κ2) is 10.4. The van der Waals surface area contributed by atoms with Crippen molar-refractivity contribution in [3.8, 4) is 5.75 Å². The van der Waals surface area contributed by atoms with Gasteiger partial charge in [0.15, 0.2) is 6.10 Å². The predicted octanol–water partition coefficient (Wildman–Crippen LogP) is 4.41. The van der Waals surface area contributed by atoms with Crippen LogP contribution < -0.4 is 9.64 Å². The first kappa shape index (κ1) is 23.4. The minimum Gasteiger partial charge on any atom is -0.497 e. The van der Waals surface area contributed by atoms with E-state index in [1.807, 2.05) is 43.4 Å². The third-order valence-corrected chi connectivity index (χ3v) is 6.82. The fourth-order valence-corrected chi connectivity index (χ4v) is 4.99. The summed E-state index contributed by atoms with van der Waals surface area (Å²) in [5, 5.41) is 0.164. The van der Waals surface area contributed by atoms with E-state index in [1.165, 1.54) is 18.7 Å². The maximum absolute atomic E-state index is 13.7. The molecule has 2 atom stereocenters. The van der Waals surface area contributed by atoms with Crippen molar-refractivity contribution in [1.82, 2.24) is 4.90 Å². The second-order valence-electron chi connectivity index (χ2n) is 7.34. The van der Waals surface area contributed by atoms with Gasteiger partial charge in [-0.2, -0.15) is 0 Å². The largest absolute Gasteiger partial charge is 0.497 e. The van der Waals surface area contributed by atoms with Crippen molar-refractivity contribution in [3.63, 3.8) is 0 Å². The van der Waals surface area contributed by atoms with Crippen molar-refractivity contribution < 1.29 is 19.1 Å². The molecule has 0 aliphatic carbocycles. The summed E-state index contributed by atoms with van der Waals surface area (Å²) in [4.78, 5) is 30.3. The molecule has 6 nitrogen and oxygen atoms in total. The minimum absolute atomic E-state index is 0.242. The molecule has 0 saturated heterocycles. The van der Waals surface area contributed by atoms with Crippen molar-refractivity contribution in [2.75, 3.05) is 38.7 Å². The van der Waals surface area contributed by atoms with Crippen LogP contribution in [-0.4, -0.2) is 56.7 Å². The number of halogens is 1. The number of methoxy groups -OCH3 is 1. The molecule has 166 valence electrons. The van der Waals surface area contributed by atoms with Gasteiger partial charge < -0.3 is 19.3 Å². The molecule has 1 amide bonds. The highest BCUT2D eigenvalue weighted by Crippen LogP contribution is 2.47. The SMILES string of the molecule is CCN(C)CCN1C(=O)C(OC(C)=O)[C@H](c2ccc(OC)cc2)Sc2cc(Cl)ccc21. The third kappa shape index (κ3) is 5.53. The van der Waals surface area contributed by atoms with Gasteiger partial charge >= 0.3 is 5.97 Å². The van der Waals surface area contributed by atoms with Crippen LogP contribution in [0.5, 0.6) is 5.75 Å². The molecular weight excluding hydrogens is 436 g/mol. The first-order valence-electron chi connectivity index (χ1n) is 10.1. The molecule has 1 heterocycles. The summed E-state index contributed by atoms with van der Waals surface area (Å²) in [6, 6.07) is 13.0. The van der Waals surface area contributed by atoms with Crippen LogP contribution in [0.1, 0.15) is 24.7 Å². The number of thioether (sulfide) groups is 1. The Kier molecular flexibility index (Phi) is 7.86. The number of amides is 1. The topological polar surface area (TPSA) is 59.1 Å². The Morgan fingerprint density at radius 1 is 1.23 bits per heavy atom. The summed E-state index contributed by atoms with van der Waals surface area (Å²) in [6.07, 6.45) is -0.964. The number of anilines is 1. The smallest absolute Gasteiger partial charge is 0.303 e. The van der Waals surface area contributed by atoms with E-state index >= 15 is 0 Å². The highest BCUT2D eigenvalue weighted by Gasteiger charge is 2.40. The van der Waals surface area contributed by atoms with Crippen LogP contribution in [0.15, 0.2) is 47.4 Å². The number of rotatable bonds is 7. The molecule has 1 unspecified atom stereocenters. The number of carbonyl (C=O) groups is 2. The average molecular weight is 463 g/mol. The number of nitrogens with zero attached hydrogens (tertiary/aromatic N) is 2. The maximum Gasteiger partial charge on any atom is 0.303 e. The van der Waals surface area contributed by atoms with Crippen LogP contribution in [-0.2, 0) is 14.3 Å². The lowest BCUT2D eigenvalue weighted by Gasteiger charge is -2.29. The Morgan fingerprint density at radius 3 is 2.55 bits per heavy atom. The number of carbonyl (C=O) groups excluding carboxylic acids is 2. The molecule has 1 aliphatic heterocycles. The van der Waals surface area contributed by atoms with E-state index in [9.17, 15) is 9.59 Å². The Labute approximate surface area is 192 Å². The first-order chi connectivity index (χ1) is 14.8. The minimum atomic E-state index is -0.964. The summed E-state index contributed by atoms with van der Waals surface area (Å²) < 4.78 is 10.9. The van der Waals surface area contributed by atoms with E-state index in [1.54, 1.807) is 18.1 Å². The van der Waals surface area contributed by atoms with E-state index in [-0.39, 0.29) is 5.91 Å². The van der Waals surface area contributed by atoms with Crippen LogP contribution in [0.4, 0.5) is 5.69 Å². The van der Waals surface area contributed by atoms with Gasteiger partial charge in [-0.25, -0.2) is 0 Å². The molecule has 2 aromatic rings. The van der Waals surface area contributed by atoms with Crippen molar-refractivity contribution in [3.05, 3.63) is 53.1 Å². The number of esters is 1. The zero-order chi connectivity index (χ0) is 22.5. The van der Waals surface area contributed by atoms with Gasteiger partial charge in [-0.15, -0.1) is 11.8 Å². The Hall–Kier alpha value is -2.22. The summed E-state index contributed by atoms with van der Waals surface area (Å²) in [6.45, 7) is 5.43. The molecule has 2 aromatic carbocycles. The first-order valence-corrected chi connectivity index (χ1v) is 11.4. The molecule has 0 bridgehead atoms. The molecule has 8 heteroatoms. The summed E-state index contributed by atoms with van der Waals surface area (Å²) in [7, 11) is 3.60. The summed E-state index contributed by atoms with van der Waals surface area (Å²) >= 11 is 7.77. The van der Waals surface area contributed by atoms with Crippen LogP contribution in [0.3, 0.4) is 0 Å². The lowest BCUT2D eigenvalue weighted by Crippen LogP contribution is -2.45. The fraction of sp³-hybridized carbons (Fsp3) is 0.391. The van der Waals surface area contributed by atoms with E-state index in [2.05, 4.69) is 11.8 Å². The predicted molar refractivity (Wildman–Crippen MR) is 124 cm³/mol. The van der Waals surface area contributed by atoms with E-state index in [0.29, 0.717) is 23.9 Å². The summed E-state index contributed by atoms with van der Waals surface area (Å²) in [5.74, 6) is -0.0217. The Bertz CT molecular complexity index is 938. The van der Waals surface area contributed by atoms with Crippen LogP contribution in [0.25, 0.3) is 0 Å². The molecule has 0 spiro atoms. The lowest BCUT2D eigenvalue weighted by atomic mass is 10.1. The normalized spacial score (nSPS) is 18.5. The van der Waals surface area contributed by atoms with E-state index in [4.69, 9.17) is 21.1 Å². The quantitative estimate of drug-likeness (QED) is 0.568. The van der Waals surface area contributed by atoms with Crippen LogP contribution in [0.2, 0.25) is 5.02 Å². The number of likely N-dealkylation sites (N-methyl/N-ethyl adjacent to an activating group) is 1. The monoisotopic (exact) mass is 462 g/mol. The van der Waals surface area contributed by atoms with Gasteiger partial charge in [-0.1, -0.05) is 30.7 Å². The third-order valence-electron chi connectivity index (χ3n) is 5.23. The zero-order valence-corrected chi connectivity index (χ0v) is 19.7. The number of hydrogen-bond acceptors (Lipinski definition) is 6. The van der Waals surface area contributed by atoms with Crippen molar-refractivity contribution >= 4 is 40.9 Å². The number of fused-ring (bicyclic) bond motifs is 1. The van der Waals surface area contributed by atoms with Gasteiger partial charge in [-0.05, 0) is 49.5 Å². The van der Waals surface area contributed by atoms with Gasteiger partial charge in [0.2, 0.25) is 0 Å². The zero-order valence-electron chi connectivity index (χ0n) is 18.1. The molecule has 0 fully saturated rings. The Balaban J connectivity index is 2.07. The van der Waals surface area contributed by atoms with Crippen molar-refractivity contribution in [2.24, 2.45) is 0 Å². The Morgan fingerprint density at radius 2 is 1.94 bits per heavy atom. The van der Waals surface area contributed by atoms with Crippen molar-refractivity contribution in [1.29, 1.82) is 0 Å². The number of ether oxygens (including phenoxy) is 2. The fourth-order valence-electron chi connectivity index (χ4n) is 3.39. The lowest BCUT2D eigenvalue weighted by molar-refractivity contribution is -0.152. The van der Waals surface area contributed by atoms with Gasteiger partial charge in [-0.3, -0.25) is 9.59 Å². The van der Waals surface area contributed by atoms with Crippen LogP contribution >= 0.6 is 23.4 Å². The highest BCUT2D eigenvalue weighted by atomic mass is 35.5. The molecule has 3 rings (SSSR count). The standard InChI is InChI=1S/C23H27ClN2O4S/c1-5-25(3)12-13-26-19-11-8-17(24)14-20(19)31-22(21(23(26)28)30-15(2)27)16-6-9-18(29-4)10-7-16/h6-11,14,21-22H,5,12-13H2,1-4H3/t21?,22-/m0/s1. The molecule has 1 aliphatic rings. The molecule has 0 aromatic heterocycles. The van der Waals surface area contributed by atoms with E-state index < -0.39 is 17.3 Å². The van der Waals surface area contributed by atoms with Gasteiger partial charge in [0.1, 0.15) is 5.75 Å². The van der Waals surface area contributed by atoms with Gasteiger partial charge in [0, 0.05) is 29.9 Å². The van der Waals surface area contributed by atoms with E-state index in [0.717, 1.165) is 22.7 Å². The second-order valence-corrected chi connectivity index (χ2v) is 8.96. The van der Waals surface area contributed by atoms with Gasteiger partial charge in [0.25, 0.3) is 5.91 Å². The molecular formula is C23H27ClN2O4S. The number of hydrogen-bond donors (Lipinski definition) is 0. The summed E-state index contributed by atoms with van der Waals surface area (Å²) in [5.41, 5.74) is 1.64. The van der Waals surface area contributed by atoms with Crippen LogP contribution in [0, 0.1) is 0 Å². The molecule has 31 heavy (non-hydrogen) atoms. The highest BCUT2D eigenvalue weighted by molar-refractivity contribution is 7.99. The van der Waals surface area contributed by atoms with Crippen molar-refractivity contribution in [2.45, 2.75) is 30.1 Å². The number of benzene rings is 2. The molecule has 0 radical (unpaired) electrons. The average Bonchev–Trinajstić information content (AvgIpc) is 2.86. The maximum atomic E-state index is 13.7.